The van der Waals surface area contributed by atoms with Gasteiger partial charge in [-0.1, -0.05) is 42.5 Å². The predicted molar refractivity (Wildman–Crippen MR) is 78.7 cm³/mol. The van der Waals surface area contributed by atoms with Crippen molar-refractivity contribution >= 4 is 29.2 Å². The average Bonchev–Trinajstić information content (AvgIpc) is 3.23. The van der Waals surface area contributed by atoms with Crippen LogP contribution in [0, 0.1) is 0 Å². The monoisotopic (exact) mass is 331 g/mol. The number of hydrogen-bond acceptors (Lipinski definition) is 4. The summed E-state index contributed by atoms with van der Waals surface area (Å²) in [5.41, 5.74) is -0.990. The minimum Gasteiger partial charge on any atom is -0.547 e. The van der Waals surface area contributed by atoms with Crippen molar-refractivity contribution in [3.63, 3.8) is 0 Å². The first-order valence-corrected chi connectivity index (χ1v) is 7.72. The molecule has 1 aromatic rings. The van der Waals surface area contributed by atoms with E-state index in [4.69, 9.17) is 32.7 Å². The summed E-state index contributed by atoms with van der Waals surface area (Å²) in [5.74, 6) is -0.392. The lowest BCUT2D eigenvalue weighted by atomic mass is 10.0. The number of epoxide rings is 1. The molecule has 1 aromatic carbocycles. The van der Waals surface area contributed by atoms with E-state index in [1.54, 1.807) is 18.2 Å². The Hall–Kier alpha value is -0.970. The fraction of sp³-hybridized carbons (Fsp3) is 0.533. The maximum atomic E-state index is 10.8. The van der Waals surface area contributed by atoms with E-state index < -0.39 is 11.6 Å². The third-order valence-electron chi connectivity index (χ3n) is 3.50. The summed E-state index contributed by atoms with van der Waals surface area (Å²) < 4.78 is 10.5. The summed E-state index contributed by atoms with van der Waals surface area (Å²) >= 11 is 11.7. The SMILES string of the molecule is O=C([O-])C1(CCCCCCOc2ccc(Cl)c(Cl)c2)CO1. The number of unbranched alkanes of at least 4 members (excludes halogenated alkanes) is 3. The van der Waals surface area contributed by atoms with Gasteiger partial charge in [-0.15, -0.1) is 0 Å². The third-order valence-corrected chi connectivity index (χ3v) is 4.24. The molecule has 1 fully saturated rings. The second-order valence-corrected chi connectivity index (χ2v) is 5.97. The zero-order valence-corrected chi connectivity index (χ0v) is 13.1. The first kappa shape index (κ1) is 16.4. The van der Waals surface area contributed by atoms with E-state index in [0.717, 1.165) is 25.7 Å². The van der Waals surface area contributed by atoms with Gasteiger partial charge in [0.1, 0.15) is 11.4 Å². The summed E-state index contributed by atoms with van der Waals surface area (Å²) in [7, 11) is 0. The van der Waals surface area contributed by atoms with Crippen molar-refractivity contribution in [3.8, 4) is 5.75 Å². The van der Waals surface area contributed by atoms with E-state index in [1.807, 2.05) is 0 Å². The predicted octanol–water partition coefficient (Wildman–Crippen LogP) is 2.84. The second-order valence-electron chi connectivity index (χ2n) is 5.16. The lowest BCUT2D eigenvalue weighted by molar-refractivity contribution is -0.312. The summed E-state index contributed by atoms with van der Waals surface area (Å²) in [6.07, 6.45) is 4.18. The van der Waals surface area contributed by atoms with Crippen LogP contribution in [0.5, 0.6) is 5.75 Å². The van der Waals surface area contributed by atoms with E-state index >= 15 is 0 Å². The number of carbonyl (C=O) groups is 1. The maximum Gasteiger partial charge on any atom is 0.131 e. The molecule has 116 valence electrons. The quantitative estimate of drug-likeness (QED) is 0.515. The van der Waals surface area contributed by atoms with Gasteiger partial charge in [0, 0.05) is 6.07 Å². The van der Waals surface area contributed by atoms with Crippen LogP contribution < -0.4 is 9.84 Å². The molecule has 1 aliphatic rings. The van der Waals surface area contributed by atoms with Crippen LogP contribution in [0.1, 0.15) is 32.1 Å². The molecular weight excluding hydrogens is 315 g/mol. The number of carboxylic acid groups (broad SMARTS) is 1. The molecule has 6 heteroatoms. The molecule has 2 rings (SSSR count). The van der Waals surface area contributed by atoms with Crippen LogP contribution in [0.4, 0.5) is 0 Å². The molecule has 0 amide bonds. The number of rotatable bonds is 9. The molecule has 21 heavy (non-hydrogen) atoms. The first-order valence-electron chi connectivity index (χ1n) is 6.97. The molecule has 0 aliphatic carbocycles. The number of carboxylic acids is 1. The number of ether oxygens (including phenoxy) is 2. The van der Waals surface area contributed by atoms with Crippen LogP contribution in [0.15, 0.2) is 18.2 Å². The Morgan fingerprint density at radius 1 is 1.24 bits per heavy atom. The van der Waals surface area contributed by atoms with Gasteiger partial charge in [0.2, 0.25) is 0 Å². The average molecular weight is 332 g/mol. The number of carbonyl (C=O) groups excluding carboxylic acids is 1. The minimum absolute atomic E-state index is 0.287. The van der Waals surface area contributed by atoms with Gasteiger partial charge in [0.25, 0.3) is 0 Å². The first-order chi connectivity index (χ1) is 10.0. The molecule has 0 bridgehead atoms. The van der Waals surface area contributed by atoms with Crippen molar-refractivity contribution < 1.29 is 19.4 Å². The molecule has 1 atom stereocenters. The van der Waals surface area contributed by atoms with Gasteiger partial charge in [-0.25, -0.2) is 0 Å². The second kappa shape index (κ2) is 7.34. The number of benzene rings is 1. The van der Waals surface area contributed by atoms with Gasteiger partial charge in [-0.2, -0.15) is 0 Å². The fourth-order valence-corrected chi connectivity index (χ4v) is 2.36. The van der Waals surface area contributed by atoms with Crippen molar-refractivity contribution in [1.29, 1.82) is 0 Å². The summed E-state index contributed by atoms with van der Waals surface area (Å²) in [4.78, 5) is 10.8. The highest BCUT2D eigenvalue weighted by molar-refractivity contribution is 6.42. The molecule has 0 aromatic heterocycles. The Labute approximate surface area is 133 Å². The molecule has 0 spiro atoms. The molecule has 1 saturated heterocycles. The molecule has 1 aliphatic heterocycles. The molecule has 4 nitrogen and oxygen atoms in total. The molecule has 0 radical (unpaired) electrons. The van der Waals surface area contributed by atoms with E-state index in [2.05, 4.69) is 0 Å². The van der Waals surface area contributed by atoms with E-state index in [-0.39, 0.29) is 6.61 Å². The topological polar surface area (TPSA) is 61.9 Å². The molecule has 0 N–H and O–H groups in total. The van der Waals surface area contributed by atoms with Crippen molar-refractivity contribution in [2.75, 3.05) is 13.2 Å². The Bertz CT molecular complexity index is 500. The molecule has 1 heterocycles. The zero-order valence-electron chi connectivity index (χ0n) is 11.6. The lowest BCUT2D eigenvalue weighted by Gasteiger charge is -2.12. The van der Waals surface area contributed by atoms with Crippen LogP contribution in [0.25, 0.3) is 0 Å². The zero-order chi connectivity index (χ0) is 15.3. The van der Waals surface area contributed by atoms with Crippen LogP contribution >= 0.6 is 23.2 Å². The highest BCUT2D eigenvalue weighted by Gasteiger charge is 2.45. The Balaban J connectivity index is 1.54. The van der Waals surface area contributed by atoms with Crippen LogP contribution in [-0.2, 0) is 9.53 Å². The van der Waals surface area contributed by atoms with Gasteiger partial charge in [-0.05, 0) is 25.0 Å². The highest BCUT2D eigenvalue weighted by Crippen LogP contribution is 2.32. The highest BCUT2D eigenvalue weighted by atomic mass is 35.5. The van der Waals surface area contributed by atoms with Crippen molar-refractivity contribution in [1.82, 2.24) is 0 Å². The minimum atomic E-state index is -1.09. The number of halogens is 2. The maximum absolute atomic E-state index is 10.8. The fourth-order valence-electron chi connectivity index (χ4n) is 2.07. The summed E-state index contributed by atoms with van der Waals surface area (Å²) in [5, 5.41) is 11.8. The van der Waals surface area contributed by atoms with Gasteiger partial charge < -0.3 is 19.4 Å². The lowest BCUT2D eigenvalue weighted by Crippen LogP contribution is -2.38. The Kier molecular flexibility index (Phi) is 5.73. The standard InChI is InChI=1S/C15H18Cl2O4/c16-12-6-5-11(9-13(12)17)20-8-4-2-1-3-7-15(10-21-15)14(18)19/h5-6,9H,1-4,7-8,10H2,(H,18,19)/p-1. The molecule has 0 saturated carbocycles. The summed E-state index contributed by atoms with van der Waals surface area (Å²) in [6.45, 7) is 0.885. The van der Waals surface area contributed by atoms with Crippen molar-refractivity contribution in [3.05, 3.63) is 28.2 Å². The smallest absolute Gasteiger partial charge is 0.131 e. The number of hydrogen-bond donors (Lipinski definition) is 0. The Morgan fingerprint density at radius 3 is 2.57 bits per heavy atom. The van der Waals surface area contributed by atoms with Crippen LogP contribution in [-0.4, -0.2) is 24.8 Å². The van der Waals surface area contributed by atoms with Gasteiger partial charge in [-0.3, -0.25) is 0 Å². The van der Waals surface area contributed by atoms with Crippen LogP contribution in [0.2, 0.25) is 10.0 Å². The Morgan fingerprint density at radius 2 is 1.95 bits per heavy atom. The largest absolute Gasteiger partial charge is 0.547 e. The van der Waals surface area contributed by atoms with Gasteiger partial charge in [0.15, 0.2) is 0 Å². The summed E-state index contributed by atoms with van der Waals surface area (Å²) in [6, 6.07) is 5.18. The number of aliphatic carboxylic acids is 1. The molecular formula is C15H17Cl2O4-. The van der Waals surface area contributed by atoms with Crippen molar-refractivity contribution in [2.24, 2.45) is 0 Å². The van der Waals surface area contributed by atoms with Crippen LogP contribution in [0.3, 0.4) is 0 Å². The van der Waals surface area contributed by atoms with E-state index in [0.29, 0.717) is 28.8 Å². The molecule has 1 unspecified atom stereocenters. The van der Waals surface area contributed by atoms with E-state index in [9.17, 15) is 9.90 Å². The normalized spacial score (nSPS) is 20.3. The van der Waals surface area contributed by atoms with Crippen molar-refractivity contribution in [2.45, 2.75) is 37.7 Å². The van der Waals surface area contributed by atoms with Gasteiger partial charge in [0.05, 0.1) is 29.2 Å². The van der Waals surface area contributed by atoms with E-state index in [1.165, 1.54) is 0 Å². The third kappa shape index (κ3) is 4.77. The van der Waals surface area contributed by atoms with Gasteiger partial charge >= 0.3 is 0 Å².